The Morgan fingerprint density at radius 3 is 2.69 bits per heavy atom. The average molecular weight is 504 g/mol. The van der Waals surface area contributed by atoms with E-state index < -0.39 is 0 Å². The summed E-state index contributed by atoms with van der Waals surface area (Å²) in [6.45, 7) is 5.04. The highest BCUT2D eigenvalue weighted by Gasteiger charge is 2.25. The second kappa shape index (κ2) is 10.1. The van der Waals surface area contributed by atoms with Gasteiger partial charge in [0.1, 0.15) is 0 Å². The monoisotopic (exact) mass is 503 g/mol. The molecule has 0 saturated carbocycles. The number of hydrogen-bond acceptors (Lipinski definition) is 6. The van der Waals surface area contributed by atoms with Crippen LogP contribution in [0, 0.1) is 13.8 Å². The van der Waals surface area contributed by atoms with Crippen LogP contribution in [0.1, 0.15) is 32.2 Å². The third kappa shape index (κ3) is 4.74. The summed E-state index contributed by atoms with van der Waals surface area (Å²) >= 11 is 2.76. The molecule has 0 unspecified atom stereocenters. The van der Waals surface area contributed by atoms with Gasteiger partial charge in [0.05, 0.1) is 22.9 Å². The van der Waals surface area contributed by atoms with E-state index in [2.05, 4.69) is 41.5 Å². The van der Waals surface area contributed by atoms with Crippen LogP contribution in [0.25, 0.3) is 5.69 Å². The van der Waals surface area contributed by atoms with Crippen molar-refractivity contribution >= 4 is 40.6 Å². The Morgan fingerprint density at radius 1 is 1.03 bits per heavy atom. The quantitative estimate of drug-likeness (QED) is 0.374. The smallest absolute Gasteiger partial charge is 0.261 e. The van der Waals surface area contributed by atoms with Crippen LogP contribution in [0.2, 0.25) is 0 Å². The summed E-state index contributed by atoms with van der Waals surface area (Å²) in [7, 11) is 0. The fraction of sp³-hybridized carbons (Fsp3) is 0.231. The fourth-order valence-electron chi connectivity index (χ4n) is 4.18. The second-order valence-corrected chi connectivity index (χ2v) is 10.2. The van der Waals surface area contributed by atoms with Gasteiger partial charge in [0.15, 0.2) is 11.0 Å². The molecule has 0 aliphatic carbocycles. The summed E-state index contributed by atoms with van der Waals surface area (Å²) in [4.78, 5) is 28.1. The Kier molecular flexibility index (Phi) is 6.70. The number of aromatic nitrogens is 3. The Bertz CT molecular complexity index is 1380. The van der Waals surface area contributed by atoms with Crippen LogP contribution >= 0.6 is 23.1 Å². The zero-order valence-electron chi connectivity index (χ0n) is 19.5. The predicted molar refractivity (Wildman–Crippen MR) is 140 cm³/mol. The maximum absolute atomic E-state index is 13.1. The molecule has 2 aromatic heterocycles. The Labute approximate surface area is 212 Å². The van der Waals surface area contributed by atoms with Crippen LogP contribution < -0.4 is 10.2 Å². The van der Waals surface area contributed by atoms with Gasteiger partial charge in [0.25, 0.3) is 5.91 Å². The fourth-order valence-corrected chi connectivity index (χ4v) is 5.66. The number of thioether (sulfide) groups is 1. The van der Waals surface area contributed by atoms with E-state index in [-0.39, 0.29) is 24.1 Å². The minimum Gasteiger partial charge on any atom is -0.344 e. The van der Waals surface area contributed by atoms with Crippen molar-refractivity contribution in [3.05, 3.63) is 87.4 Å². The van der Waals surface area contributed by atoms with E-state index in [0.29, 0.717) is 22.4 Å². The van der Waals surface area contributed by atoms with Gasteiger partial charge in [-0.3, -0.25) is 14.2 Å². The second-order valence-electron chi connectivity index (χ2n) is 8.33. The molecule has 5 rings (SSSR count). The van der Waals surface area contributed by atoms with Crippen LogP contribution in [0.3, 0.4) is 0 Å². The molecule has 1 N–H and O–H groups in total. The SMILES string of the molecule is Cc1cccc(-n2c(CNC(=O)c3cccs3)nnc2SCC(=O)N2CCc3ccccc32)c1C. The number of carbonyl (C=O) groups excluding carboxylic acids is 2. The number of para-hydroxylation sites is 1. The summed E-state index contributed by atoms with van der Waals surface area (Å²) in [6.07, 6.45) is 0.874. The standard InChI is InChI=1S/C26H25N5O2S2/c1-17-7-5-10-20(18(17)2)31-23(15-27-25(33)22-11-6-14-34-22)28-29-26(31)35-16-24(32)30-13-12-19-8-3-4-9-21(19)30/h3-11,14H,12-13,15-16H2,1-2H3,(H,27,33). The third-order valence-electron chi connectivity index (χ3n) is 6.18. The summed E-state index contributed by atoms with van der Waals surface area (Å²) in [5, 5.41) is 14.2. The molecule has 9 heteroatoms. The van der Waals surface area contributed by atoms with Crippen molar-refractivity contribution in [3.63, 3.8) is 0 Å². The first-order chi connectivity index (χ1) is 17.0. The zero-order chi connectivity index (χ0) is 24.4. The van der Waals surface area contributed by atoms with E-state index in [9.17, 15) is 9.59 Å². The molecule has 0 saturated heterocycles. The first-order valence-electron chi connectivity index (χ1n) is 11.4. The molecular weight excluding hydrogens is 478 g/mol. The molecule has 0 spiro atoms. The number of aryl methyl sites for hydroxylation is 1. The van der Waals surface area contributed by atoms with Crippen LogP contribution in [-0.2, 0) is 17.8 Å². The predicted octanol–water partition coefficient (Wildman–Crippen LogP) is 4.56. The van der Waals surface area contributed by atoms with Gasteiger partial charge >= 0.3 is 0 Å². The van der Waals surface area contributed by atoms with Crippen molar-refractivity contribution in [2.45, 2.75) is 32.0 Å². The molecule has 0 radical (unpaired) electrons. The maximum atomic E-state index is 13.1. The van der Waals surface area contributed by atoms with Crippen molar-refractivity contribution in [2.24, 2.45) is 0 Å². The van der Waals surface area contributed by atoms with E-state index in [1.807, 2.05) is 51.2 Å². The summed E-state index contributed by atoms with van der Waals surface area (Å²) < 4.78 is 1.95. The number of nitrogens with one attached hydrogen (secondary N) is 1. The summed E-state index contributed by atoms with van der Waals surface area (Å²) in [6, 6.07) is 17.7. The highest BCUT2D eigenvalue weighted by atomic mass is 32.2. The van der Waals surface area contributed by atoms with Crippen LogP contribution in [0.4, 0.5) is 5.69 Å². The maximum Gasteiger partial charge on any atom is 0.261 e. The molecule has 35 heavy (non-hydrogen) atoms. The molecular formula is C26H25N5O2S2. The zero-order valence-corrected chi connectivity index (χ0v) is 21.2. The minimum atomic E-state index is -0.146. The van der Waals surface area contributed by atoms with Gasteiger partial charge in [-0.2, -0.15) is 0 Å². The van der Waals surface area contributed by atoms with E-state index in [4.69, 9.17) is 0 Å². The van der Waals surface area contributed by atoms with Gasteiger partial charge in [-0.05, 0) is 60.5 Å². The number of benzene rings is 2. The lowest BCUT2D eigenvalue weighted by molar-refractivity contribution is -0.116. The molecule has 0 atom stereocenters. The molecule has 0 bridgehead atoms. The highest BCUT2D eigenvalue weighted by Crippen LogP contribution is 2.30. The van der Waals surface area contributed by atoms with E-state index in [0.717, 1.165) is 28.9 Å². The number of anilines is 1. The largest absolute Gasteiger partial charge is 0.344 e. The lowest BCUT2D eigenvalue weighted by Gasteiger charge is -2.18. The molecule has 178 valence electrons. The number of rotatable bonds is 7. The third-order valence-corrected chi connectivity index (χ3v) is 7.96. The van der Waals surface area contributed by atoms with Gasteiger partial charge in [0, 0.05) is 12.2 Å². The first kappa shape index (κ1) is 23.3. The molecule has 3 heterocycles. The van der Waals surface area contributed by atoms with E-state index in [1.54, 1.807) is 6.07 Å². The number of fused-ring (bicyclic) bond motifs is 1. The highest BCUT2D eigenvalue weighted by molar-refractivity contribution is 7.99. The first-order valence-corrected chi connectivity index (χ1v) is 13.2. The average Bonchev–Trinajstić information content (AvgIpc) is 3.62. The molecule has 7 nitrogen and oxygen atoms in total. The molecule has 4 aromatic rings. The summed E-state index contributed by atoms with van der Waals surface area (Å²) in [5.74, 6) is 0.763. The van der Waals surface area contributed by atoms with Gasteiger partial charge < -0.3 is 10.2 Å². The van der Waals surface area contributed by atoms with Crippen LogP contribution in [0.5, 0.6) is 0 Å². The molecule has 2 aromatic carbocycles. The van der Waals surface area contributed by atoms with Crippen molar-refractivity contribution in [3.8, 4) is 5.69 Å². The van der Waals surface area contributed by atoms with Crippen molar-refractivity contribution in [2.75, 3.05) is 17.2 Å². The lowest BCUT2D eigenvalue weighted by Crippen LogP contribution is -2.30. The number of nitrogens with zero attached hydrogens (tertiary/aromatic N) is 4. The number of amides is 2. The Balaban J connectivity index is 1.38. The summed E-state index contributed by atoms with van der Waals surface area (Å²) in [5.41, 5.74) is 5.38. The number of hydrogen-bond donors (Lipinski definition) is 1. The topological polar surface area (TPSA) is 80.1 Å². The molecule has 1 aliphatic heterocycles. The minimum absolute atomic E-state index is 0.0445. The van der Waals surface area contributed by atoms with Crippen LogP contribution in [-0.4, -0.2) is 38.9 Å². The number of thiophene rings is 1. The van der Waals surface area contributed by atoms with Gasteiger partial charge in [-0.15, -0.1) is 21.5 Å². The van der Waals surface area contributed by atoms with Gasteiger partial charge in [-0.25, -0.2) is 0 Å². The van der Waals surface area contributed by atoms with Gasteiger partial charge in [-0.1, -0.05) is 48.2 Å². The van der Waals surface area contributed by atoms with Crippen molar-refractivity contribution in [1.29, 1.82) is 0 Å². The van der Waals surface area contributed by atoms with Crippen LogP contribution in [0.15, 0.2) is 65.1 Å². The van der Waals surface area contributed by atoms with E-state index >= 15 is 0 Å². The van der Waals surface area contributed by atoms with E-state index in [1.165, 1.54) is 28.7 Å². The number of carbonyl (C=O) groups is 2. The van der Waals surface area contributed by atoms with Gasteiger partial charge in [0.2, 0.25) is 5.91 Å². The van der Waals surface area contributed by atoms with Crippen molar-refractivity contribution in [1.82, 2.24) is 20.1 Å². The normalized spacial score (nSPS) is 12.6. The Morgan fingerprint density at radius 2 is 1.86 bits per heavy atom. The molecule has 1 aliphatic rings. The Hall–Kier alpha value is -3.43. The molecule has 0 fully saturated rings. The molecule has 2 amide bonds. The lowest BCUT2D eigenvalue weighted by atomic mass is 10.1. The van der Waals surface area contributed by atoms with Crippen molar-refractivity contribution < 1.29 is 9.59 Å².